The van der Waals surface area contributed by atoms with Gasteiger partial charge in [0.15, 0.2) is 0 Å². The van der Waals surface area contributed by atoms with Gasteiger partial charge in [0.25, 0.3) is 0 Å². The lowest BCUT2D eigenvalue weighted by molar-refractivity contribution is -0.329. The third-order valence-electron chi connectivity index (χ3n) is 6.24. The number of rotatable bonds is 6. The highest BCUT2D eigenvalue weighted by atomic mass is 35.5. The normalized spacial score (nSPS) is 34.7. The molecule has 2 aliphatic rings. The number of benzene rings is 2. The summed E-state index contributed by atoms with van der Waals surface area (Å²) in [6.45, 7) is 3.57. The number of aliphatic hydroxyl groups is 4. The summed E-state index contributed by atoms with van der Waals surface area (Å²) in [6.07, 6.45) is -4.89. The van der Waals surface area contributed by atoms with E-state index in [1.165, 1.54) is 0 Å². The lowest BCUT2D eigenvalue weighted by Gasteiger charge is -2.46. The first-order valence-electron chi connectivity index (χ1n) is 10.3. The zero-order valence-electron chi connectivity index (χ0n) is 17.4. The minimum Gasteiger partial charge on any atom is -0.494 e. The molecule has 6 atom stereocenters. The molecule has 4 N–H and O–H groups in total. The van der Waals surface area contributed by atoms with E-state index in [4.69, 9.17) is 25.8 Å². The Morgan fingerprint density at radius 1 is 1.06 bits per heavy atom. The Kier molecular flexibility index (Phi) is 6.04. The largest absolute Gasteiger partial charge is 0.494 e. The van der Waals surface area contributed by atoms with E-state index < -0.39 is 42.4 Å². The summed E-state index contributed by atoms with van der Waals surface area (Å²) >= 11 is 6.44. The van der Waals surface area contributed by atoms with Gasteiger partial charge in [-0.25, -0.2) is 0 Å². The molecule has 2 fully saturated rings. The van der Waals surface area contributed by atoms with E-state index in [2.05, 4.69) is 0 Å². The molecule has 7 nitrogen and oxygen atoms in total. The summed E-state index contributed by atoms with van der Waals surface area (Å²) in [6, 6.07) is 12.8. The van der Waals surface area contributed by atoms with Crippen molar-refractivity contribution in [1.29, 1.82) is 0 Å². The van der Waals surface area contributed by atoms with Crippen molar-refractivity contribution in [2.24, 2.45) is 0 Å². The number of aliphatic hydroxyl groups excluding tert-OH is 4. The van der Waals surface area contributed by atoms with Crippen molar-refractivity contribution < 1.29 is 34.6 Å². The molecule has 0 spiro atoms. The predicted molar refractivity (Wildman–Crippen MR) is 113 cm³/mol. The van der Waals surface area contributed by atoms with Gasteiger partial charge in [0.05, 0.1) is 19.3 Å². The third-order valence-corrected chi connectivity index (χ3v) is 6.61. The Bertz CT molecular complexity index is 936. The Morgan fingerprint density at radius 2 is 1.77 bits per heavy atom. The molecule has 4 rings (SSSR count). The van der Waals surface area contributed by atoms with Crippen LogP contribution in [0.5, 0.6) is 5.75 Å². The second kappa shape index (κ2) is 8.33. The number of ether oxygens (including phenoxy) is 3. The van der Waals surface area contributed by atoms with Gasteiger partial charge in [0, 0.05) is 10.6 Å². The summed E-state index contributed by atoms with van der Waals surface area (Å²) < 4.78 is 17.5. The van der Waals surface area contributed by atoms with Gasteiger partial charge in [-0.15, -0.1) is 0 Å². The second-order valence-corrected chi connectivity index (χ2v) is 8.49. The quantitative estimate of drug-likeness (QED) is 0.531. The molecule has 0 aliphatic carbocycles. The molecule has 0 radical (unpaired) electrons. The van der Waals surface area contributed by atoms with Crippen LogP contribution in [0.15, 0.2) is 42.5 Å². The van der Waals surface area contributed by atoms with Gasteiger partial charge >= 0.3 is 0 Å². The molecule has 0 unspecified atom stereocenters. The fourth-order valence-corrected chi connectivity index (χ4v) is 4.62. The molecule has 2 saturated heterocycles. The van der Waals surface area contributed by atoms with Crippen LogP contribution in [0.3, 0.4) is 0 Å². The molecule has 2 aliphatic heterocycles. The lowest BCUT2D eigenvalue weighted by atomic mass is 9.81. The van der Waals surface area contributed by atoms with Crippen LogP contribution in [0, 0.1) is 0 Å². The third kappa shape index (κ3) is 3.54. The van der Waals surface area contributed by atoms with E-state index in [1.54, 1.807) is 25.1 Å². The summed E-state index contributed by atoms with van der Waals surface area (Å²) in [5, 5.41) is 42.2. The van der Waals surface area contributed by atoms with Crippen LogP contribution >= 0.6 is 11.6 Å². The number of hydrogen-bond acceptors (Lipinski definition) is 7. The molecule has 0 amide bonds. The summed E-state index contributed by atoms with van der Waals surface area (Å²) in [5.41, 5.74) is 0.671. The molecule has 2 bridgehead atoms. The molecular formula is C23H27ClO7. The Hall–Kier alpha value is -1.71. The molecular weight excluding hydrogens is 424 g/mol. The van der Waals surface area contributed by atoms with Gasteiger partial charge in [0.2, 0.25) is 5.79 Å². The van der Waals surface area contributed by atoms with Crippen LogP contribution in [-0.4, -0.2) is 63.7 Å². The van der Waals surface area contributed by atoms with E-state index in [0.717, 1.165) is 16.9 Å². The van der Waals surface area contributed by atoms with Crippen LogP contribution in [-0.2, 0) is 21.7 Å². The van der Waals surface area contributed by atoms with E-state index in [1.807, 2.05) is 31.2 Å². The molecule has 2 heterocycles. The summed E-state index contributed by atoms with van der Waals surface area (Å²) in [7, 11) is 0. The molecule has 0 saturated carbocycles. The van der Waals surface area contributed by atoms with Gasteiger partial charge in [-0.3, -0.25) is 0 Å². The van der Waals surface area contributed by atoms with Crippen LogP contribution < -0.4 is 4.74 Å². The maximum Gasteiger partial charge on any atom is 0.225 e. The van der Waals surface area contributed by atoms with Crippen LogP contribution in [0.4, 0.5) is 0 Å². The summed E-state index contributed by atoms with van der Waals surface area (Å²) in [5.74, 6) is -0.955. The van der Waals surface area contributed by atoms with Crippen molar-refractivity contribution in [2.75, 3.05) is 13.2 Å². The Morgan fingerprint density at radius 3 is 2.42 bits per heavy atom. The zero-order valence-corrected chi connectivity index (χ0v) is 18.1. The molecule has 2 aromatic rings. The van der Waals surface area contributed by atoms with Gasteiger partial charge in [-0.2, -0.15) is 0 Å². The fourth-order valence-electron chi connectivity index (χ4n) is 4.44. The topological polar surface area (TPSA) is 109 Å². The van der Waals surface area contributed by atoms with Gasteiger partial charge in [0.1, 0.15) is 29.7 Å². The maximum atomic E-state index is 10.8. The molecule has 2 aromatic carbocycles. The highest BCUT2D eigenvalue weighted by Gasteiger charge is 2.70. The van der Waals surface area contributed by atoms with Gasteiger partial charge in [-0.1, -0.05) is 29.8 Å². The minimum atomic E-state index is -1.74. The predicted octanol–water partition coefficient (Wildman–Crippen LogP) is 1.74. The highest BCUT2D eigenvalue weighted by molar-refractivity contribution is 6.31. The van der Waals surface area contributed by atoms with Crippen molar-refractivity contribution in [3.63, 3.8) is 0 Å². The van der Waals surface area contributed by atoms with E-state index in [-0.39, 0.29) is 0 Å². The average molecular weight is 451 g/mol. The maximum absolute atomic E-state index is 10.8. The lowest BCUT2D eigenvalue weighted by Crippen LogP contribution is -2.66. The number of hydrogen-bond donors (Lipinski definition) is 4. The smallest absolute Gasteiger partial charge is 0.225 e. The second-order valence-electron chi connectivity index (χ2n) is 8.08. The number of fused-ring (bicyclic) bond motifs is 2. The average Bonchev–Trinajstić information content (AvgIpc) is 3.06. The van der Waals surface area contributed by atoms with Crippen molar-refractivity contribution in [2.45, 2.75) is 56.1 Å². The van der Waals surface area contributed by atoms with E-state index >= 15 is 0 Å². The minimum absolute atomic E-state index is 0.443. The zero-order chi connectivity index (χ0) is 22.4. The van der Waals surface area contributed by atoms with E-state index in [9.17, 15) is 20.4 Å². The first kappa shape index (κ1) is 22.5. The number of halogens is 1. The van der Waals surface area contributed by atoms with Crippen molar-refractivity contribution >= 4 is 11.6 Å². The van der Waals surface area contributed by atoms with Crippen molar-refractivity contribution in [1.82, 2.24) is 0 Å². The first-order chi connectivity index (χ1) is 14.8. The fraction of sp³-hybridized carbons (Fsp3) is 0.478. The summed E-state index contributed by atoms with van der Waals surface area (Å²) in [4.78, 5) is 0. The Balaban J connectivity index is 1.69. The van der Waals surface area contributed by atoms with Gasteiger partial charge < -0.3 is 34.6 Å². The monoisotopic (exact) mass is 450 g/mol. The first-order valence-corrected chi connectivity index (χ1v) is 10.7. The Labute approximate surface area is 185 Å². The van der Waals surface area contributed by atoms with Gasteiger partial charge in [-0.05, 0) is 55.7 Å². The van der Waals surface area contributed by atoms with Crippen molar-refractivity contribution in [3.8, 4) is 5.75 Å². The SMILES string of the molecule is CCOc1ccc(Cc2cc([C@]34O[C@@H](C)[C@](CO)(O3)[C@@H](O)[C@H](O)[C@H]4O)ccc2Cl)cc1. The van der Waals surface area contributed by atoms with Crippen LogP contribution in [0.2, 0.25) is 5.02 Å². The molecule has 31 heavy (non-hydrogen) atoms. The highest BCUT2D eigenvalue weighted by Crippen LogP contribution is 2.52. The van der Waals surface area contributed by atoms with Crippen LogP contribution in [0.25, 0.3) is 0 Å². The standard InChI is InChI=1S/C23H27ClO7/c1-3-29-17-7-4-14(5-8-17)10-15-11-16(6-9-18(15)24)23-21(28)19(26)20(27)22(12-25,31-23)13(2)30-23/h4-9,11,13,19-21,25-28H,3,10,12H2,1-2H3/t13-,19-,20-,21+,22-,23-/m0/s1. The van der Waals surface area contributed by atoms with Crippen LogP contribution in [0.1, 0.15) is 30.5 Å². The molecule has 8 heteroatoms. The molecule has 168 valence electrons. The van der Waals surface area contributed by atoms with Crippen molar-refractivity contribution in [3.05, 3.63) is 64.2 Å². The van der Waals surface area contributed by atoms with E-state index in [0.29, 0.717) is 23.6 Å². The molecule has 0 aromatic heterocycles.